The highest BCUT2D eigenvalue weighted by Crippen LogP contribution is 2.42. The Labute approximate surface area is 188 Å². The standard InChI is InChI=1S/C24H29ClN4O2/c25-20-10-12-21(13-11-20)27-23(26)29-16-14-28(15-17-29)22(30)24(31,19-8-4-5-9-19)18-6-2-1-3-7-18/h1-3,6-7,10-13,19,31H,4-5,8-9,14-17H2,(H2,26,27)/t24-/m0/s1. The van der Waals surface area contributed by atoms with Crippen molar-refractivity contribution in [1.29, 1.82) is 5.41 Å². The molecule has 1 aliphatic heterocycles. The van der Waals surface area contributed by atoms with Gasteiger partial charge in [-0.15, -0.1) is 0 Å². The largest absolute Gasteiger partial charge is 0.375 e. The minimum atomic E-state index is -1.48. The van der Waals surface area contributed by atoms with E-state index in [1.54, 1.807) is 17.0 Å². The van der Waals surface area contributed by atoms with E-state index in [0.29, 0.717) is 42.7 Å². The number of guanidine groups is 1. The van der Waals surface area contributed by atoms with E-state index in [4.69, 9.17) is 17.0 Å². The van der Waals surface area contributed by atoms with Gasteiger partial charge in [0, 0.05) is 42.8 Å². The number of hydrogen-bond acceptors (Lipinski definition) is 3. The molecule has 31 heavy (non-hydrogen) atoms. The predicted octanol–water partition coefficient (Wildman–Crippen LogP) is 3.91. The van der Waals surface area contributed by atoms with Crippen LogP contribution in [0.4, 0.5) is 5.69 Å². The molecule has 1 aliphatic carbocycles. The molecule has 7 heteroatoms. The lowest BCUT2D eigenvalue weighted by Crippen LogP contribution is -2.58. The number of carbonyl (C=O) groups excluding carboxylic acids is 1. The van der Waals surface area contributed by atoms with Crippen LogP contribution in [-0.4, -0.2) is 53.0 Å². The maximum atomic E-state index is 13.6. The number of anilines is 1. The molecule has 0 radical (unpaired) electrons. The predicted molar refractivity (Wildman–Crippen MR) is 123 cm³/mol. The Morgan fingerprint density at radius 1 is 0.968 bits per heavy atom. The second-order valence-electron chi connectivity index (χ2n) is 8.37. The van der Waals surface area contributed by atoms with E-state index < -0.39 is 5.60 Å². The highest BCUT2D eigenvalue weighted by molar-refractivity contribution is 6.30. The Hall–Kier alpha value is -2.57. The van der Waals surface area contributed by atoms with Gasteiger partial charge in [0.15, 0.2) is 11.6 Å². The lowest BCUT2D eigenvalue weighted by atomic mass is 9.79. The topological polar surface area (TPSA) is 79.7 Å². The van der Waals surface area contributed by atoms with Gasteiger partial charge in [-0.3, -0.25) is 10.2 Å². The maximum absolute atomic E-state index is 13.6. The summed E-state index contributed by atoms with van der Waals surface area (Å²) < 4.78 is 0. The molecule has 164 valence electrons. The zero-order chi connectivity index (χ0) is 21.8. The van der Waals surface area contributed by atoms with Gasteiger partial charge in [-0.1, -0.05) is 54.8 Å². The normalized spacial score (nSPS) is 19.2. The molecule has 1 atom stereocenters. The van der Waals surface area contributed by atoms with Crippen molar-refractivity contribution in [2.45, 2.75) is 31.3 Å². The second-order valence-corrected chi connectivity index (χ2v) is 8.81. The molecule has 2 fully saturated rings. The van der Waals surface area contributed by atoms with Crippen molar-refractivity contribution in [3.8, 4) is 0 Å². The van der Waals surface area contributed by atoms with Gasteiger partial charge in [-0.05, 0) is 42.7 Å². The summed E-state index contributed by atoms with van der Waals surface area (Å²) in [6.45, 7) is 2.04. The van der Waals surface area contributed by atoms with Crippen molar-refractivity contribution < 1.29 is 9.90 Å². The fourth-order valence-corrected chi connectivity index (χ4v) is 4.82. The number of amides is 1. The van der Waals surface area contributed by atoms with Crippen molar-refractivity contribution in [3.05, 3.63) is 65.2 Å². The van der Waals surface area contributed by atoms with E-state index in [-0.39, 0.29) is 11.8 Å². The quantitative estimate of drug-likeness (QED) is 0.497. The Bertz CT molecular complexity index is 907. The molecule has 0 spiro atoms. The first-order valence-electron chi connectivity index (χ1n) is 10.9. The molecule has 0 bridgehead atoms. The van der Waals surface area contributed by atoms with Crippen LogP contribution in [0.3, 0.4) is 0 Å². The first-order valence-corrected chi connectivity index (χ1v) is 11.3. The zero-order valence-corrected chi connectivity index (χ0v) is 18.3. The fraction of sp³-hybridized carbons (Fsp3) is 0.417. The minimum Gasteiger partial charge on any atom is -0.375 e. The maximum Gasteiger partial charge on any atom is 0.259 e. The average Bonchev–Trinajstić information content (AvgIpc) is 3.36. The molecular weight excluding hydrogens is 412 g/mol. The van der Waals surface area contributed by atoms with Gasteiger partial charge in [-0.25, -0.2) is 0 Å². The molecule has 0 aromatic heterocycles. The molecular formula is C24H29ClN4O2. The van der Waals surface area contributed by atoms with E-state index in [9.17, 15) is 9.90 Å². The molecule has 1 saturated carbocycles. The number of hydrogen-bond donors (Lipinski definition) is 3. The summed E-state index contributed by atoms with van der Waals surface area (Å²) >= 11 is 5.92. The summed E-state index contributed by atoms with van der Waals surface area (Å²) in [6, 6.07) is 16.6. The number of aliphatic hydroxyl groups is 1. The van der Waals surface area contributed by atoms with Gasteiger partial charge in [0.25, 0.3) is 5.91 Å². The number of nitrogens with one attached hydrogen (secondary N) is 2. The van der Waals surface area contributed by atoms with Crippen LogP contribution in [0.25, 0.3) is 0 Å². The summed E-state index contributed by atoms with van der Waals surface area (Å²) in [6.07, 6.45) is 3.84. The van der Waals surface area contributed by atoms with Crippen molar-refractivity contribution in [3.63, 3.8) is 0 Å². The fourth-order valence-electron chi connectivity index (χ4n) is 4.69. The molecule has 2 aliphatic rings. The van der Waals surface area contributed by atoms with Gasteiger partial charge >= 0.3 is 0 Å². The van der Waals surface area contributed by atoms with Gasteiger partial charge < -0.3 is 20.2 Å². The van der Waals surface area contributed by atoms with E-state index >= 15 is 0 Å². The van der Waals surface area contributed by atoms with Gasteiger partial charge in [0.05, 0.1) is 0 Å². The molecule has 4 rings (SSSR count). The number of rotatable bonds is 4. The molecule has 1 saturated heterocycles. The van der Waals surface area contributed by atoms with Crippen LogP contribution in [0.5, 0.6) is 0 Å². The van der Waals surface area contributed by atoms with Crippen LogP contribution < -0.4 is 5.32 Å². The van der Waals surface area contributed by atoms with E-state index in [1.165, 1.54) is 0 Å². The van der Waals surface area contributed by atoms with Gasteiger partial charge in [-0.2, -0.15) is 0 Å². The molecule has 6 nitrogen and oxygen atoms in total. The van der Waals surface area contributed by atoms with Crippen LogP contribution in [0.1, 0.15) is 31.2 Å². The molecule has 2 aromatic rings. The monoisotopic (exact) mass is 440 g/mol. The zero-order valence-electron chi connectivity index (χ0n) is 17.6. The number of halogens is 1. The second kappa shape index (κ2) is 9.28. The summed E-state index contributed by atoms with van der Waals surface area (Å²) in [7, 11) is 0. The van der Waals surface area contributed by atoms with Crippen LogP contribution >= 0.6 is 11.6 Å². The van der Waals surface area contributed by atoms with Crippen LogP contribution in [0.15, 0.2) is 54.6 Å². The van der Waals surface area contributed by atoms with E-state index in [0.717, 1.165) is 31.4 Å². The molecule has 3 N–H and O–H groups in total. The SMILES string of the molecule is N=C(Nc1ccc(Cl)cc1)N1CCN(C(=O)[C@](O)(c2ccccc2)C2CCCC2)CC1. The first-order chi connectivity index (χ1) is 15.0. The van der Waals surface area contributed by atoms with Crippen molar-refractivity contribution in [1.82, 2.24) is 9.80 Å². The van der Waals surface area contributed by atoms with Gasteiger partial charge in [0.2, 0.25) is 0 Å². The third-order valence-corrected chi connectivity index (χ3v) is 6.73. The Morgan fingerprint density at radius 2 is 1.55 bits per heavy atom. The number of nitrogens with zero attached hydrogens (tertiary/aromatic N) is 2. The summed E-state index contributed by atoms with van der Waals surface area (Å²) in [5, 5.41) is 23.8. The van der Waals surface area contributed by atoms with E-state index in [1.807, 2.05) is 47.4 Å². The van der Waals surface area contributed by atoms with Gasteiger partial charge in [0.1, 0.15) is 0 Å². The highest BCUT2D eigenvalue weighted by Gasteiger charge is 2.48. The van der Waals surface area contributed by atoms with Crippen molar-refractivity contribution in [2.24, 2.45) is 5.92 Å². The van der Waals surface area contributed by atoms with Crippen LogP contribution in [0, 0.1) is 11.3 Å². The average molecular weight is 441 g/mol. The number of benzene rings is 2. The number of carbonyl (C=O) groups is 1. The van der Waals surface area contributed by atoms with Crippen molar-refractivity contribution in [2.75, 3.05) is 31.5 Å². The highest BCUT2D eigenvalue weighted by atomic mass is 35.5. The molecule has 0 unspecified atom stereocenters. The smallest absolute Gasteiger partial charge is 0.259 e. The van der Waals surface area contributed by atoms with Crippen LogP contribution in [-0.2, 0) is 10.4 Å². The summed E-state index contributed by atoms with van der Waals surface area (Å²) in [4.78, 5) is 17.3. The first kappa shape index (κ1) is 21.7. The Balaban J connectivity index is 1.42. The Morgan fingerprint density at radius 3 is 2.16 bits per heavy atom. The van der Waals surface area contributed by atoms with Crippen LogP contribution in [0.2, 0.25) is 5.02 Å². The molecule has 2 aromatic carbocycles. The molecule has 1 amide bonds. The summed E-state index contributed by atoms with van der Waals surface area (Å²) in [5.41, 5.74) is 0.00806. The number of piperazine rings is 1. The molecule has 1 heterocycles. The lowest BCUT2D eigenvalue weighted by Gasteiger charge is -2.42. The third-order valence-electron chi connectivity index (χ3n) is 6.48. The third kappa shape index (κ3) is 4.55. The lowest BCUT2D eigenvalue weighted by molar-refractivity contribution is -0.160. The Kier molecular flexibility index (Phi) is 6.49. The van der Waals surface area contributed by atoms with Crippen molar-refractivity contribution >= 4 is 29.2 Å². The summed E-state index contributed by atoms with van der Waals surface area (Å²) in [5.74, 6) is 0.0382. The van der Waals surface area contributed by atoms with E-state index in [2.05, 4.69) is 5.32 Å². The minimum absolute atomic E-state index is 0.0506.